The molecular weight excluding hydrogens is 250 g/mol. The van der Waals surface area contributed by atoms with Crippen molar-refractivity contribution in [2.24, 2.45) is 16.7 Å². The first-order chi connectivity index (χ1) is 9.06. The van der Waals surface area contributed by atoms with Crippen LogP contribution < -0.4 is 5.32 Å². The maximum Gasteiger partial charge on any atom is 0.0898 e. The van der Waals surface area contributed by atoms with Gasteiger partial charge in [0, 0.05) is 12.1 Å². The molecule has 0 saturated heterocycles. The van der Waals surface area contributed by atoms with Gasteiger partial charge in [0.15, 0.2) is 0 Å². The lowest BCUT2D eigenvalue weighted by molar-refractivity contribution is -0.0748. The zero-order valence-electron chi connectivity index (χ0n) is 14.1. The van der Waals surface area contributed by atoms with Crippen LogP contribution in [0.1, 0.15) is 60.8 Å². The molecule has 0 aromatic carbocycles. The Bertz CT molecular complexity index is 347. The van der Waals surface area contributed by atoms with E-state index in [1.54, 1.807) is 0 Å². The van der Waals surface area contributed by atoms with Crippen LogP contribution in [0.15, 0.2) is 0 Å². The van der Waals surface area contributed by atoms with Crippen LogP contribution in [0.3, 0.4) is 0 Å². The molecule has 0 radical (unpaired) electrons. The summed E-state index contributed by atoms with van der Waals surface area (Å²) < 4.78 is 6.11. The largest absolute Gasteiger partial charge is 0.389 e. The highest BCUT2D eigenvalue weighted by atomic mass is 16.5. The zero-order chi connectivity index (χ0) is 15.2. The number of β-amino-alcohol motifs (C(OH)–C–C–N with tert-alkyl or cyclic N) is 1. The van der Waals surface area contributed by atoms with Crippen LogP contribution in [0, 0.1) is 16.7 Å². The summed E-state index contributed by atoms with van der Waals surface area (Å²) in [6, 6.07) is 0. The molecule has 0 aromatic heterocycles. The number of ether oxygens (including phenoxy) is 1. The Hall–Kier alpha value is -0.120. The molecule has 2 aliphatic carbocycles. The molecule has 4 atom stereocenters. The number of aliphatic hydroxyl groups is 1. The number of fused-ring (bicyclic) bond motifs is 2. The fourth-order valence-corrected chi connectivity index (χ4v) is 4.09. The smallest absolute Gasteiger partial charge is 0.0898 e. The molecule has 20 heavy (non-hydrogen) atoms. The Morgan fingerprint density at radius 2 is 1.95 bits per heavy atom. The van der Waals surface area contributed by atoms with Gasteiger partial charge in [0.05, 0.1) is 18.8 Å². The summed E-state index contributed by atoms with van der Waals surface area (Å²) >= 11 is 0. The van der Waals surface area contributed by atoms with Gasteiger partial charge in [-0.1, -0.05) is 20.8 Å². The Labute approximate surface area is 124 Å². The third kappa shape index (κ3) is 2.90. The van der Waals surface area contributed by atoms with Crippen LogP contribution in [0.4, 0.5) is 0 Å². The lowest BCUT2D eigenvalue weighted by Crippen LogP contribution is -2.43. The second-order valence-electron chi connectivity index (χ2n) is 8.72. The van der Waals surface area contributed by atoms with Gasteiger partial charge >= 0.3 is 0 Å². The summed E-state index contributed by atoms with van der Waals surface area (Å²) in [6.07, 6.45) is 3.69. The molecule has 2 N–H and O–H groups in total. The van der Waals surface area contributed by atoms with Crippen LogP contribution in [-0.4, -0.2) is 36.0 Å². The monoisotopic (exact) mass is 283 g/mol. The first-order valence-electron chi connectivity index (χ1n) is 8.11. The van der Waals surface area contributed by atoms with E-state index in [0.29, 0.717) is 24.7 Å². The second kappa shape index (κ2) is 5.26. The minimum absolute atomic E-state index is 0.0430. The van der Waals surface area contributed by atoms with E-state index in [0.717, 1.165) is 5.92 Å². The molecule has 0 amide bonds. The van der Waals surface area contributed by atoms with Gasteiger partial charge in [-0.2, -0.15) is 0 Å². The number of nitrogens with one attached hydrogen (secondary N) is 1. The van der Waals surface area contributed by atoms with Crippen LogP contribution >= 0.6 is 0 Å². The van der Waals surface area contributed by atoms with Gasteiger partial charge in [0.2, 0.25) is 0 Å². The molecule has 0 aliphatic heterocycles. The molecule has 2 saturated carbocycles. The summed E-state index contributed by atoms with van der Waals surface area (Å²) in [5.41, 5.74) is 0.711. The highest BCUT2D eigenvalue weighted by molar-refractivity contribution is 5.11. The third-order valence-electron chi connectivity index (χ3n) is 6.07. The SMILES string of the molecule is CC(C)(C)NCC(O)COC1CC2CCC1(C)C2(C)C. The second-order valence-corrected chi connectivity index (χ2v) is 8.72. The van der Waals surface area contributed by atoms with Gasteiger partial charge < -0.3 is 15.2 Å². The quantitative estimate of drug-likeness (QED) is 0.815. The van der Waals surface area contributed by atoms with Crippen molar-refractivity contribution in [2.75, 3.05) is 13.2 Å². The van der Waals surface area contributed by atoms with Gasteiger partial charge in [-0.15, -0.1) is 0 Å². The van der Waals surface area contributed by atoms with Crippen molar-refractivity contribution >= 4 is 0 Å². The molecule has 0 aromatic rings. The molecule has 2 rings (SSSR count). The lowest BCUT2D eigenvalue weighted by atomic mass is 9.70. The summed E-state index contributed by atoms with van der Waals surface area (Å²) in [4.78, 5) is 0. The Morgan fingerprint density at radius 3 is 2.40 bits per heavy atom. The van der Waals surface area contributed by atoms with E-state index in [1.807, 2.05) is 0 Å². The molecule has 2 fully saturated rings. The molecule has 3 heteroatoms. The van der Waals surface area contributed by atoms with Gasteiger partial charge in [0.25, 0.3) is 0 Å². The first kappa shape index (κ1) is 16.3. The van der Waals surface area contributed by atoms with E-state index in [9.17, 15) is 5.11 Å². The molecule has 0 spiro atoms. The van der Waals surface area contributed by atoms with Crippen molar-refractivity contribution in [1.82, 2.24) is 5.32 Å². The summed E-state index contributed by atoms with van der Waals surface area (Å²) in [6.45, 7) is 14.5. The average molecular weight is 283 g/mol. The predicted octanol–water partition coefficient (Wildman–Crippen LogP) is 2.97. The Kier molecular flexibility index (Phi) is 4.27. The first-order valence-corrected chi connectivity index (χ1v) is 8.11. The van der Waals surface area contributed by atoms with E-state index in [2.05, 4.69) is 46.9 Å². The minimum Gasteiger partial charge on any atom is -0.389 e. The molecular formula is C17H33NO2. The van der Waals surface area contributed by atoms with Crippen molar-refractivity contribution < 1.29 is 9.84 Å². The van der Waals surface area contributed by atoms with E-state index in [-0.39, 0.29) is 11.0 Å². The molecule has 4 unspecified atom stereocenters. The average Bonchev–Trinajstić information content (AvgIpc) is 2.65. The number of rotatable bonds is 5. The molecule has 2 aliphatic rings. The third-order valence-corrected chi connectivity index (χ3v) is 6.07. The lowest BCUT2D eigenvalue weighted by Gasteiger charge is -2.39. The van der Waals surface area contributed by atoms with Crippen molar-refractivity contribution in [3.05, 3.63) is 0 Å². The highest BCUT2D eigenvalue weighted by Gasteiger charge is 2.61. The fraction of sp³-hybridized carbons (Fsp3) is 1.00. The molecule has 0 heterocycles. The topological polar surface area (TPSA) is 41.5 Å². The van der Waals surface area contributed by atoms with Gasteiger partial charge in [0.1, 0.15) is 0 Å². The van der Waals surface area contributed by atoms with Crippen LogP contribution in [0.2, 0.25) is 0 Å². The molecule has 3 nitrogen and oxygen atoms in total. The van der Waals surface area contributed by atoms with E-state index in [1.165, 1.54) is 19.3 Å². The maximum absolute atomic E-state index is 10.1. The van der Waals surface area contributed by atoms with Crippen molar-refractivity contribution in [1.29, 1.82) is 0 Å². The number of hydrogen-bond acceptors (Lipinski definition) is 3. The summed E-state index contributed by atoms with van der Waals surface area (Å²) in [7, 11) is 0. The summed E-state index contributed by atoms with van der Waals surface area (Å²) in [5, 5.41) is 13.4. The summed E-state index contributed by atoms with van der Waals surface area (Å²) in [5.74, 6) is 0.794. The Morgan fingerprint density at radius 1 is 1.30 bits per heavy atom. The molecule has 118 valence electrons. The zero-order valence-corrected chi connectivity index (χ0v) is 14.1. The van der Waals surface area contributed by atoms with Crippen LogP contribution in [0.5, 0.6) is 0 Å². The van der Waals surface area contributed by atoms with E-state index < -0.39 is 6.10 Å². The van der Waals surface area contributed by atoms with Crippen LogP contribution in [-0.2, 0) is 4.74 Å². The van der Waals surface area contributed by atoms with Crippen molar-refractivity contribution in [2.45, 2.75) is 78.6 Å². The fourth-order valence-electron chi connectivity index (χ4n) is 4.09. The van der Waals surface area contributed by atoms with Gasteiger partial charge in [-0.25, -0.2) is 0 Å². The highest BCUT2D eigenvalue weighted by Crippen LogP contribution is 2.66. The normalized spacial score (nSPS) is 37.4. The van der Waals surface area contributed by atoms with Gasteiger partial charge in [-0.05, 0) is 56.8 Å². The van der Waals surface area contributed by atoms with E-state index >= 15 is 0 Å². The van der Waals surface area contributed by atoms with Gasteiger partial charge in [-0.3, -0.25) is 0 Å². The number of hydrogen-bond donors (Lipinski definition) is 2. The Balaban J connectivity index is 1.81. The van der Waals surface area contributed by atoms with E-state index in [4.69, 9.17) is 4.74 Å². The van der Waals surface area contributed by atoms with Crippen molar-refractivity contribution in [3.63, 3.8) is 0 Å². The molecule has 2 bridgehead atoms. The van der Waals surface area contributed by atoms with Crippen molar-refractivity contribution in [3.8, 4) is 0 Å². The number of aliphatic hydroxyl groups excluding tert-OH is 1. The van der Waals surface area contributed by atoms with Crippen LogP contribution in [0.25, 0.3) is 0 Å². The minimum atomic E-state index is -0.417. The predicted molar refractivity (Wildman–Crippen MR) is 82.7 cm³/mol. The maximum atomic E-state index is 10.1. The standard InChI is InChI=1S/C17H33NO2/c1-15(2,3)18-10-13(19)11-20-14-9-12-7-8-17(14,6)16(12,4)5/h12-14,18-19H,7-11H2,1-6H3.